The van der Waals surface area contributed by atoms with E-state index in [1.807, 2.05) is 12.1 Å². The van der Waals surface area contributed by atoms with Crippen LogP contribution in [0.25, 0.3) is 27.9 Å². The molecule has 0 unspecified atom stereocenters. The quantitative estimate of drug-likeness (QED) is 0.505. The average molecular weight is 412 g/mol. The number of rotatable bonds is 2. The van der Waals surface area contributed by atoms with E-state index >= 15 is 0 Å². The number of halogens is 1. The minimum Gasteiger partial charge on any atom is -0.446 e. The van der Waals surface area contributed by atoms with E-state index in [0.717, 1.165) is 45.2 Å². The number of aromatic nitrogens is 4. The van der Waals surface area contributed by atoms with Gasteiger partial charge in [-0.05, 0) is 40.9 Å². The van der Waals surface area contributed by atoms with Gasteiger partial charge in [-0.2, -0.15) is 9.61 Å². The van der Waals surface area contributed by atoms with E-state index in [9.17, 15) is 0 Å². The summed E-state index contributed by atoms with van der Waals surface area (Å²) in [6, 6.07) is 3.95. The van der Waals surface area contributed by atoms with Gasteiger partial charge in [0, 0.05) is 28.6 Å². The number of nitrogens with two attached hydrogens (primary N) is 1. The van der Waals surface area contributed by atoms with Gasteiger partial charge in [-0.3, -0.25) is 0 Å². The van der Waals surface area contributed by atoms with Gasteiger partial charge in [-0.1, -0.05) is 19.3 Å². The zero-order chi connectivity index (χ0) is 17.7. The molecule has 1 aliphatic carbocycles. The van der Waals surface area contributed by atoms with Crippen LogP contribution in [0.1, 0.15) is 43.7 Å². The predicted octanol–water partition coefficient (Wildman–Crippen LogP) is 4.93. The molecule has 4 aromatic rings. The summed E-state index contributed by atoms with van der Waals surface area (Å²) in [6.45, 7) is 0. The summed E-state index contributed by atoms with van der Waals surface area (Å²) in [5.74, 6) is 1.04. The fourth-order valence-corrected chi connectivity index (χ4v) is 4.45. The topological polar surface area (TPSA) is 82.2 Å². The number of hydrogen-bond donors (Lipinski definition) is 1. The third-order valence-corrected chi connectivity index (χ3v) is 6.07. The molecule has 0 aromatic carbocycles. The van der Waals surface area contributed by atoms with Crippen LogP contribution in [0.15, 0.2) is 39.7 Å². The van der Waals surface area contributed by atoms with Crippen LogP contribution >= 0.6 is 15.9 Å². The molecule has 2 N–H and O–H groups in total. The van der Waals surface area contributed by atoms with Crippen LogP contribution in [0, 0.1) is 0 Å². The number of nitrogens with zero attached hydrogens (tertiary/aromatic N) is 4. The molecule has 6 nitrogen and oxygen atoms in total. The van der Waals surface area contributed by atoms with Crippen molar-refractivity contribution in [2.45, 2.75) is 38.0 Å². The van der Waals surface area contributed by atoms with Crippen LogP contribution < -0.4 is 5.73 Å². The molecule has 4 heterocycles. The molecular weight excluding hydrogens is 394 g/mol. The van der Waals surface area contributed by atoms with Crippen molar-refractivity contribution in [1.29, 1.82) is 0 Å². The Kier molecular flexibility index (Phi) is 3.70. The first-order valence-electron chi connectivity index (χ1n) is 8.88. The SMILES string of the molecule is Nc1c(Br)c(C2CCCCC2)nc2c(-c3cnc4occc4c3)cnn12. The van der Waals surface area contributed by atoms with Gasteiger partial charge < -0.3 is 10.2 Å². The van der Waals surface area contributed by atoms with Crippen molar-refractivity contribution in [3.05, 3.63) is 41.0 Å². The van der Waals surface area contributed by atoms with Gasteiger partial charge in [0.25, 0.3) is 0 Å². The first-order chi connectivity index (χ1) is 12.7. The Morgan fingerprint density at radius 2 is 2.04 bits per heavy atom. The maximum absolute atomic E-state index is 6.37. The molecular formula is C19H18BrN5O. The Balaban J connectivity index is 1.69. The van der Waals surface area contributed by atoms with E-state index in [-0.39, 0.29) is 0 Å². The monoisotopic (exact) mass is 411 g/mol. The van der Waals surface area contributed by atoms with Gasteiger partial charge in [0.1, 0.15) is 5.82 Å². The molecule has 1 fully saturated rings. The van der Waals surface area contributed by atoms with E-state index in [1.54, 1.807) is 23.2 Å². The molecule has 0 radical (unpaired) electrons. The third-order valence-electron chi connectivity index (χ3n) is 5.26. The van der Waals surface area contributed by atoms with Crippen molar-refractivity contribution in [2.75, 3.05) is 5.73 Å². The van der Waals surface area contributed by atoms with E-state index in [0.29, 0.717) is 17.4 Å². The minimum atomic E-state index is 0.447. The molecule has 4 aromatic heterocycles. The minimum absolute atomic E-state index is 0.447. The van der Waals surface area contributed by atoms with Gasteiger partial charge in [0.2, 0.25) is 5.71 Å². The zero-order valence-corrected chi connectivity index (χ0v) is 15.7. The molecule has 5 rings (SSSR count). The Morgan fingerprint density at radius 3 is 2.88 bits per heavy atom. The summed E-state index contributed by atoms with van der Waals surface area (Å²) < 4.78 is 7.91. The summed E-state index contributed by atoms with van der Waals surface area (Å²) >= 11 is 3.66. The summed E-state index contributed by atoms with van der Waals surface area (Å²) in [7, 11) is 0. The zero-order valence-electron chi connectivity index (χ0n) is 14.2. The highest BCUT2D eigenvalue weighted by molar-refractivity contribution is 9.10. The molecule has 132 valence electrons. The highest BCUT2D eigenvalue weighted by Gasteiger charge is 2.24. The lowest BCUT2D eigenvalue weighted by atomic mass is 9.87. The molecule has 0 amide bonds. The second kappa shape index (κ2) is 6.09. The van der Waals surface area contributed by atoms with Gasteiger partial charge in [-0.25, -0.2) is 9.97 Å². The number of fused-ring (bicyclic) bond motifs is 2. The van der Waals surface area contributed by atoms with Crippen LogP contribution in [0.3, 0.4) is 0 Å². The number of nitrogen functional groups attached to an aromatic ring is 1. The van der Waals surface area contributed by atoms with Crippen LogP contribution in [-0.2, 0) is 0 Å². The highest BCUT2D eigenvalue weighted by atomic mass is 79.9. The first-order valence-corrected chi connectivity index (χ1v) is 9.68. The smallest absolute Gasteiger partial charge is 0.225 e. The Morgan fingerprint density at radius 1 is 1.19 bits per heavy atom. The summed E-state index contributed by atoms with van der Waals surface area (Å²) in [5.41, 5.74) is 10.7. The lowest BCUT2D eigenvalue weighted by molar-refractivity contribution is 0.435. The number of pyridine rings is 1. The Hall–Kier alpha value is -2.41. The summed E-state index contributed by atoms with van der Waals surface area (Å²) in [5, 5.41) is 5.42. The lowest BCUT2D eigenvalue weighted by Crippen LogP contribution is -2.11. The van der Waals surface area contributed by atoms with Crippen LogP contribution in [0.2, 0.25) is 0 Å². The van der Waals surface area contributed by atoms with Crippen molar-refractivity contribution >= 4 is 38.5 Å². The normalized spacial score (nSPS) is 15.9. The number of hydrogen-bond acceptors (Lipinski definition) is 5. The van der Waals surface area contributed by atoms with Crippen molar-refractivity contribution in [2.24, 2.45) is 0 Å². The molecule has 0 atom stereocenters. The van der Waals surface area contributed by atoms with E-state index < -0.39 is 0 Å². The maximum atomic E-state index is 6.37. The fraction of sp³-hybridized carbons (Fsp3) is 0.316. The van der Waals surface area contributed by atoms with Gasteiger partial charge in [0.05, 0.1) is 22.6 Å². The fourth-order valence-electron chi connectivity index (χ4n) is 3.87. The summed E-state index contributed by atoms with van der Waals surface area (Å²) in [4.78, 5) is 9.37. The van der Waals surface area contributed by atoms with Crippen molar-refractivity contribution in [3.63, 3.8) is 0 Å². The van der Waals surface area contributed by atoms with Crippen molar-refractivity contribution < 1.29 is 4.42 Å². The van der Waals surface area contributed by atoms with E-state index in [4.69, 9.17) is 15.1 Å². The molecule has 1 aliphatic rings. The molecule has 7 heteroatoms. The van der Waals surface area contributed by atoms with Crippen LogP contribution in [0.5, 0.6) is 0 Å². The van der Waals surface area contributed by atoms with Crippen molar-refractivity contribution in [1.82, 2.24) is 19.6 Å². The van der Waals surface area contributed by atoms with Gasteiger partial charge in [-0.15, -0.1) is 0 Å². The molecule has 0 bridgehead atoms. The van der Waals surface area contributed by atoms with Crippen LogP contribution in [0.4, 0.5) is 5.82 Å². The van der Waals surface area contributed by atoms with Crippen LogP contribution in [-0.4, -0.2) is 19.6 Å². The lowest BCUT2D eigenvalue weighted by Gasteiger charge is -2.22. The second-order valence-corrected chi connectivity index (χ2v) is 7.66. The Labute approximate surface area is 158 Å². The predicted molar refractivity (Wildman–Crippen MR) is 104 cm³/mol. The first kappa shape index (κ1) is 15.8. The molecule has 26 heavy (non-hydrogen) atoms. The average Bonchev–Trinajstić information content (AvgIpc) is 3.31. The highest BCUT2D eigenvalue weighted by Crippen LogP contribution is 2.39. The molecule has 1 saturated carbocycles. The number of furan rings is 1. The standard InChI is InChI=1S/C19H18BrN5O/c20-15-16(11-4-2-1-3-5-11)24-18-14(10-23-25(18)17(15)21)13-8-12-6-7-26-19(12)22-9-13/h6-11H,1-5,21H2. The number of anilines is 1. The molecule has 0 spiro atoms. The van der Waals surface area contributed by atoms with Gasteiger partial charge >= 0.3 is 0 Å². The van der Waals surface area contributed by atoms with Crippen molar-refractivity contribution in [3.8, 4) is 11.1 Å². The van der Waals surface area contributed by atoms with E-state index in [2.05, 4.69) is 26.0 Å². The van der Waals surface area contributed by atoms with Gasteiger partial charge in [0.15, 0.2) is 5.65 Å². The summed E-state index contributed by atoms with van der Waals surface area (Å²) in [6.07, 6.45) is 11.4. The molecule has 0 aliphatic heterocycles. The second-order valence-electron chi connectivity index (χ2n) is 6.86. The largest absolute Gasteiger partial charge is 0.446 e. The Bertz CT molecular complexity index is 1110. The maximum Gasteiger partial charge on any atom is 0.225 e. The van der Waals surface area contributed by atoms with E-state index in [1.165, 1.54) is 19.3 Å². The third kappa shape index (κ3) is 2.41. The molecule has 0 saturated heterocycles.